The summed E-state index contributed by atoms with van der Waals surface area (Å²) in [5.74, 6) is 1.13. The first-order chi connectivity index (χ1) is 15.1. The van der Waals surface area contributed by atoms with Crippen LogP contribution in [0.1, 0.15) is 25.1 Å². The molecule has 0 bridgehead atoms. The normalized spacial score (nSPS) is 18.5. The maximum atomic E-state index is 13.0. The molecular formula is C20H17N5O5S. The minimum atomic E-state index is -0.914. The summed E-state index contributed by atoms with van der Waals surface area (Å²) in [7, 11) is 0. The number of ether oxygens (including phenoxy) is 2. The molecule has 31 heavy (non-hydrogen) atoms. The van der Waals surface area contributed by atoms with E-state index in [0.717, 1.165) is 12.2 Å². The number of benzene rings is 2. The van der Waals surface area contributed by atoms with E-state index in [9.17, 15) is 14.9 Å². The van der Waals surface area contributed by atoms with Crippen LogP contribution in [-0.4, -0.2) is 33.6 Å². The summed E-state index contributed by atoms with van der Waals surface area (Å²) < 4.78 is 10.7. The van der Waals surface area contributed by atoms with E-state index in [1.165, 1.54) is 22.8 Å². The Balaban J connectivity index is 1.74. The third-order valence-corrected chi connectivity index (χ3v) is 6.02. The topological polar surface area (TPSA) is 119 Å². The highest BCUT2D eigenvalue weighted by Gasteiger charge is 2.38. The molecule has 10 nitrogen and oxygen atoms in total. The van der Waals surface area contributed by atoms with Crippen LogP contribution in [0.4, 0.5) is 5.69 Å². The number of amidine groups is 1. The molecule has 0 aliphatic carbocycles. The summed E-state index contributed by atoms with van der Waals surface area (Å²) in [6.45, 7) is 2.01. The molecule has 2 aromatic rings. The lowest BCUT2D eigenvalue weighted by Gasteiger charge is -2.33. The zero-order chi connectivity index (χ0) is 21.5. The van der Waals surface area contributed by atoms with Crippen molar-refractivity contribution in [1.29, 1.82) is 0 Å². The highest BCUT2D eigenvalue weighted by molar-refractivity contribution is 8.13. The molecule has 0 unspecified atom stereocenters. The van der Waals surface area contributed by atoms with Crippen LogP contribution in [0.15, 0.2) is 46.5 Å². The third-order valence-electron chi connectivity index (χ3n) is 4.96. The van der Waals surface area contributed by atoms with E-state index in [-0.39, 0.29) is 24.0 Å². The molecule has 1 N–H and O–H groups in total. The van der Waals surface area contributed by atoms with Gasteiger partial charge in [-0.05, 0) is 18.6 Å². The summed E-state index contributed by atoms with van der Waals surface area (Å²) in [4.78, 5) is 29.1. The van der Waals surface area contributed by atoms with Gasteiger partial charge in [0.05, 0.1) is 21.9 Å². The molecule has 2 aromatic carbocycles. The van der Waals surface area contributed by atoms with Crippen LogP contribution in [0, 0.1) is 10.1 Å². The van der Waals surface area contributed by atoms with Gasteiger partial charge in [0.25, 0.3) is 11.6 Å². The van der Waals surface area contributed by atoms with E-state index in [1.807, 2.05) is 6.92 Å². The second-order valence-electron chi connectivity index (χ2n) is 6.94. The fourth-order valence-corrected chi connectivity index (χ4v) is 4.31. The van der Waals surface area contributed by atoms with Crippen molar-refractivity contribution >= 4 is 34.2 Å². The lowest BCUT2D eigenvalue weighted by molar-refractivity contribution is -0.386. The van der Waals surface area contributed by atoms with Crippen LogP contribution in [0.5, 0.6) is 11.5 Å². The maximum Gasteiger partial charge on any atom is 0.280 e. The Morgan fingerprint density at radius 1 is 1.29 bits per heavy atom. The quantitative estimate of drug-likeness (QED) is 0.568. The molecule has 1 amide bonds. The second-order valence-corrected chi connectivity index (χ2v) is 8.03. The van der Waals surface area contributed by atoms with Crippen LogP contribution < -0.4 is 25.4 Å². The Kier molecular flexibility index (Phi) is 4.74. The highest BCUT2D eigenvalue weighted by atomic mass is 32.2. The average molecular weight is 439 g/mol. The van der Waals surface area contributed by atoms with E-state index in [0.29, 0.717) is 32.9 Å². The van der Waals surface area contributed by atoms with Crippen LogP contribution in [0.2, 0.25) is 0 Å². The molecule has 0 fully saturated rings. The predicted molar refractivity (Wildman–Crippen MR) is 113 cm³/mol. The first kappa shape index (κ1) is 19.4. The van der Waals surface area contributed by atoms with Gasteiger partial charge in [0, 0.05) is 11.0 Å². The summed E-state index contributed by atoms with van der Waals surface area (Å²) in [5.41, 5.74) is 0.378. The fourth-order valence-electron chi connectivity index (χ4n) is 3.61. The molecule has 3 aliphatic heterocycles. The summed E-state index contributed by atoms with van der Waals surface area (Å²) in [6.07, 6.45) is -0.0106. The van der Waals surface area contributed by atoms with Gasteiger partial charge in [-0.2, -0.15) is 0 Å². The van der Waals surface area contributed by atoms with Crippen LogP contribution in [0.25, 0.3) is 5.70 Å². The zero-order valence-corrected chi connectivity index (χ0v) is 17.2. The van der Waals surface area contributed by atoms with Gasteiger partial charge in [0.2, 0.25) is 6.79 Å². The number of nitrogens with zero attached hydrogens (tertiary/aromatic N) is 4. The van der Waals surface area contributed by atoms with E-state index in [2.05, 4.69) is 10.4 Å². The number of carbonyl (C=O) groups is 1. The molecule has 3 heterocycles. The fraction of sp³-hybridized carbons (Fsp3) is 0.250. The van der Waals surface area contributed by atoms with Crippen LogP contribution >= 0.6 is 11.8 Å². The van der Waals surface area contributed by atoms with Crippen molar-refractivity contribution in [1.82, 2.24) is 10.3 Å². The molecule has 11 heteroatoms. The van der Waals surface area contributed by atoms with Crippen molar-refractivity contribution in [3.8, 4) is 11.5 Å². The lowest BCUT2D eigenvalue weighted by Crippen LogP contribution is -2.50. The third kappa shape index (κ3) is 3.26. The molecule has 0 saturated carbocycles. The van der Waals surface area contributed by atoms with Gasteiger partial charge in [-0.1, -0.05) is 36.9 Å². The number of amides is 1. The minimum absolute atomic E-state index is 0.0139. The molecular weight excluding hydrogens is 422 g/mol. The monoisotopic (exact) mass is 439 g/mol. The summed E-state index contributed by atoms with van der Waals surface area (Å²) in [5, 5.41) is 22.3. The first-order valence-electron chi connectivity index (χ1n) is 9.64. The van der Waals surface area contributed by atoms with Gasteiger partial charge < -0.3 is 9.47 Å². The molecule has 3 aliphatic rings. The minimum Gasteiger partial charge on any atom is -0.454 e. The predicted octanol–water partition coefficient (Wildman–Crippen LogP) is 1.61. The van der Waals surface area contributed by atoms with Crippen molar-refractivity contribution < 1.29 is 19.2 Å². The molecule has 1 atom stereocenters. The number of nitrogens with one attached hydrogen (secondary N) is 1. The molecule has 0 aromatic heterocycles. The largest absolute Gasteiger partial charge is 0.454 e. The molecule has 5 rings (SSSR count). The van der Waals surface area contributed by atoms with E-state index in [4.69, 9.17) is 14.5 Å². The van der Waals surface area contributed by atoms with Gasteiger partial charge >= 0.3 is 0 Å². The van der Waals surface area contributed by atoms with Gasteiger partial charge in [-0.15, -0.1) is 5.10 Å². The summed E-state index contributed by atoms with van der Waals surface area (Å²) in [6, 6.07) is 10.0. The number of carbonyl (C=O) groups excluding carboxylic acids is 1. The standard InChI is InChI=1S/C20H17N5O5S/c1-2-7-31-20-22-19(26)17-11-5-3-4-6-13(11)21-18(24(17)23-20)12-8-15-16(30-10-29-15)9-14(12)25(27)28/h3-6,8-9,18H,2,7,10H2,1H3,(H,22,23,26)/t18-/m1/s1. The van der Waals surface area contributed by atoms with Crippen molar-refractivity contribution in [2.45, 2.75) is 19.5 Å². The molecule has 0 spiro atoms. The Morgan fingerprint density at radius 2 is 2.06 bits per heavy atom. The summed E-state index contributed by atoms with van der Waals surface area (Å²) >= 11 is 1.41. The smallest absolute Gasteiger partial charge is 0.280 e. The Labute approximate surface area is 180 Å². The number of nitro groups is 1. The SMILES string of the molecule is CCCSC1=NN2C(=c3ccccc3=N[C@H]2c2cc3c(cc2[N+](=O)[O-])OCO3)C(=O)N1. The number of thioether (sulfide) groups is 1. The second kappa shape index (κ2) is 7.58. The average Bonchev–Trinajstić information content (AvgIpc) is 3.23. The van der Waals surface area contributed by atoms with E-state index >= 15 is 0 Å². The molecule has 158 valence electrons. The highest BCUT2D eigenvalue weighted by Crippen LogP contribution is 2.43. The molecule has 0 saturated heterocycles. The van der Waals surface area contributed by atoms with E-state index < -0.39 is 11.1 Å². The first-order valence-corrected chi connectivity index (χ1v) is 10.6. The van der Waals surface area contributed by atoms with Gasteiger partial charge in [-0.3, -0.25) is 25.2 Å². The number of nitro benzene ring substituents is 1. The number of fused-ring (bicyclic) bond motifs is 3. The number of hydrogen-bond acceptors (Lipinski definition) is 9. The van der Waals surface area contributed by atoms with Crippen molar-refractivity contribution in [2.24, 2.45) is 10.1 Å². The maximum absolute atomic E-state index is 13.0. The Hall–Kier alpha value is -3.60. The van der Waals surface area contributed by atoms with Crippen molar-refractivity contribution in [3.05, 3.63) is 62.7 Å². The van der Waals surface area contributed by atoms with Crippen LogP contribution in [0.3, 0.4) is 0 Å². The number of hydrogen-bond donors (Lipinski definition) is 1. The van der Waals surface area contributed by atoms with Crippen LogP contribution in [-0.2, 0) is 4.79 Å². The van der Waals surface area contributed by atoms with Gasteiger partial charge in [0.1, 0.15) is 5.70 Å². The Bertz CT molecular complexity index is 1260. The van der Waals surface area contributed by atoms with Crippen molar-refractivity contribution in [3.63, 3.8) is 0 Å². The zero-order valence-electron chi connectivity index (χ0n) is 16.4. The van der Waals surface area contributed by atoms with Crippen molar-refractivity contribution in [2.75, 3.05) is 12.5 Å². The van der Waals surface area contributed by atoms with Gasteiger partial charge in [-0.25, -0.2) is 5.01 Å². The van der Waals surface area contributed by atoms with Gasteiger partial charge in [0.15, 0.2) is 22.8 Å². The molecule has 0 radical (unpaired) electrons. The lowest BCUT2D eigenvalue weighted by atomic mass is 10.1. The number of para-hydroxylation sites is 1. The Morgan fingerprint density at radius 3 is 2.84 bits per heavy atom. The number of rotatable bonds is 4. The van der Waals surface area contributed by atoms with E-state index in [1.54, 1.807) is 30.3 Å². The number of hydrazone groups is 1.